The van der Waals surface area contributed by atoms with Crippen LogP contribution in [0.4, 0.5) is 5.69 Å². The van der Waals surface area contributed by atoms with Gasteiger partial charge in [-0.3, -0.25) is 9.69 Å². The molecule has 2 N–H and O–H groups in total. The molecular weight excluding hydrogens is 388 g/mol. The van der Waals surface area contributed by atoms with Crippen molar-refractivity contribution < 1.29 is 28.9 Å². The smallest absolute Gasteiger partial charge is 0.337 e. The van der Waals surface area contributed by atoms with Gasteiger partial charge < -0.3 is 24.6 Å². The number of anilines is 1. The predicted molar refractivity (Wildman–Crippen MR) is 107 cm³/mol. The first-order chi connectivity index (χ1) is 14.4. The minimum Gasteiger partial charge on any atom is -0.503 e. The molecule has 0 bridgehead atoms. The number of rotatable bonds is 2. The van der Waals surface area contributed by atoms with Gasteiger partial charge in [0.15, 0.2) is 11.5 Å². The molecule has 0 saturated carbocycles. The molecule has 4 heterocycles. The van der Waals surface area contributed by atoms with Crippen LogP contribution in [0.1, 0.15) is 25.3 Å². The normalized spacial score (nSPS) is 34.4. The van der Waals surface area contributed by atoms with Gasteiger partial charge in [0, 0.05) is 24.4 Å². The number of carbonyl (C=O) groups excluding carboxylic acids is 2. The van der Waals surface area contributed by atoms with E-state index in [2.05, 4.69) is 10.2 Å². The number of nitrogens with zero attached hydrogens (tertiary/aromatic N) is 1. The van der Waals surface area contributed by atoms with Crippen molar-refractivity contribution in [1.82, 2.24) is 4.90 Å². The van der Waals surface area contributed by atoms with Crippen LogP contribution in [0.5, 0.6) is 11.5 Å². The molecule has 160 valence electrons. The van der Waals surface area contributed by atoms with E-state index in [1.807, 2.05) is 13.0 Å². The van der Waals surface area contributed by atoms with Crippen LogP contribution in [0.2, 0.25) is 0 Å². The minimum atomic E-state index is -0.757. The molecule has 2 saturated heterocycles. The summed E-state index contributed by atoms with van der Waals surface area (Å²) in [6.45, 7) is 3.55. The minimum absolute atomic E-state index is 0.0149. The molecule has 4 aliphatic rings. The van der Waals surface area contributed by atoms with Crippen LogP contribution in [0.15, 0.2) is 24.0 Å². The molecule has 0 radical (unpaired) electrons. The van der Waals surface area contributed by atoms with Crippen LogP contribution in [-0.4, -0.2) is 61.3 Å². The standard InChI is InChI=1S/C22H26N2O6/c1-11-13-9-24-7-6-22(17(24)8-12(13)14(10-30-11)20(26)29-3)15-4-5-16(28-2)19(25)18(15)23-21(22)27/h4-5,10-13,17,25H,6-9H2,1-3H3,(H,23,27)/t11-,12-,13-,17-,22-/m0/s1. The van der Waals surface area contributed by atoms with E-state index in [0.717, 1.165) is 18.7 Å². The Morgan fingerprint density at radius 1 is 1.37 bits per heavy atom. The molecule has 4 aliphatic heterocycles. The van der Waals surface area contributed by atoms with E-state index in [-0.39, 0.29) is 41.6 Å². The lowest BCUT2D eigenvalue weighted by molar-refractivity contribution is -0.139. The van der Waals surface area contributed by atoms with Crippen LogP contribution in [0.25, 0.3) is 0 Å². The monoisotopic (exact) mass is 414 g/mol. The zero-order valence-electron chi connectivity index (χ0n) is 17.3. The molecule has 5 atom stereocenters. The quantitative estimate of drug-likeness (QED) is 0.562. The number of aromatic hydroxyl groups is 1. The lowest BCUT2D eigenvalue weighted by atomic mass is 9.66. The Morgan fingerprint density at radius 2 is 2.17 bits per heavy atom. The number of esters is 1. The first-order valence-corrected chi connectivity index (χ1v) is 10.3. The van der Waals surface area contributed by atoms with Gasteiger partial charge in [0.1, 0.15) is 0 Å². The third-order valence-corrected chi connectivity index (χ3v) is 7.56. The van der Waals surface area contributed by atoms with Gasteiger partial charge >= 0.3 is 5.97 Å². The predicted octanol–water partition coefficient (Wildman–Crippen LogP) is 1.78. The Kier molecular flexibility index (Phi) is 4.25. The third kappa shape index (κ3) is 2.37. The highest BCUT2D eigenvalue weighted by Gasteiger charge is 2.61. The van der Waals surface area contributed by atoms with E-state index >= 15 is 0 Å². The molecule has 0 aromatic heterocycles. The van der Waals surface area contributed by atoms with E-state index in [4.69, 9.17) is 14.2 Å². The summed E-state index contributed by atoms with van der Waals surface area (Å²) in [6, 6.07) is 3.51. The summed E-state index contributed by atoms with van der Waals surface area (Å²) < 4.78 is 16.0. The summed E-state index contributed by atoms with van der Waals surface area (Å²) in [5.74, 6) is -0.0717. The molecule has 1 aromatic rings. The first kappa shape index (κ1) is 19.2. The highest BCUT2D eigenvalue weighted by atomic mass is 16.5. The van der Waals surface area contributed by atoms with Crippen molar-refractivity contribution in [3.63, 3.8) is 0 Å². The van der Waals surface area contributed by atoms with Crippen LogP contribution in [0, 0.1) is 11.8 Å². The summed E-state index contributed by atoms with van der Waals surface area (Å²) in [7, 11) is 2.86. The molecule has 0 unspecified atom stereocenters. The maximum Gasteiger partial charge on any atom is 0.337 e. The number of piperidine rings is 1. The molecule has 5 rings (SSSR count). The summed E-state index contributed by atoms with van der Waals surface area (Å²) in [5.41, 5.74) is 1.03. The number of methoxy groups -OCH3 is 2. The van der Waals surface area contributed by atoms with Crippen LogP contribution >= 0.6 is 0 Å². The van der Waals surface area contributed by atoms with E-state index in [0.29, 0.717) is 29.9 Å². The fourth-order valence-electron chi connectivity index (χ4n) is 6.02. The van der Waals surface area contributed by atoms with Gasteiger partial charge in [-0.25, -0.2) is 4.79 Å². The van der Waals surface area contributed by atoms with Crippen molar-refractivity contribution in [3.8, 4) is 11.5 Å². The SMILES string of the molecule is COC(=O)C1=CO[C@@H](C)[C@@H]2CN3CC[C@@]4(C(=O)Nc5c4ccc(OC)c5O)[C@@H]3C[C@H]12. The van der Waals surface area contributed by atoms with Gasteiger partial charge in [0.2, 0.25) is 5.91 Å². The van der Waals surface area contributed by atoms with Gasteiger partial charge in [-0.1, -0.05) is 6.07 Å². The van der Waals surface area contributed by atoms with E-state index < -0.39 is 5.41 Å². The number of benzene rings is 1. The maximum atomic E-state index is 13.3. The second-order valence-corrected chi connectivity index (χ2v) is 8.64. The van der Waals surface area contributed by atoms with Gasteiger partial charge in [-0.05, 0) is 37.9 Å². The fraction of sp³-hybridized carbons (Fsp3) is 0.545. The summed E-state index contributed by atoms with van der Waals surface area (Å²) >= 11 is 0. The number of nitrogens with one attached hydrogen (secondary N) is 1. The first-order valence-electron chi connectivity index (χ1n) is 10.3. The molecule has 1 spiro atoms. The molecule has 1 amide bonds. The highest BCUT2D eigenvalue weighted by molar-refractivity contribution is 6.09. The molecule has 8 nitrogen and oxygen atoms in total. The third-order valence-electron chi connectivity index (χ3n) is 7.56. The maximum absolute atomic E-state index is 13.3. The second kappa shape index (κ2) is 6.63. The van der Waals surface area contributed by atoms with Crippen LogP contribution in [0.3, 0.4) is 0 Å². The Morgan fingerprint density at radius 3 is 2.90 bits per heavy atom. The number of carbonyl (C=O) groups is 2. The fourth-order valence-corrected chi connectivity index (χ4v) is 6.02. The average Bonchev–Trinajstić information content (AvgIpc) is 3.27. The van der Waals surface area contributed by atoms with Gasteiger partial charge in [0.25, 0.3) is 0 Å². The Balaban J connectivity index is 1.56. The van der Waals surface area contributed by atoms with Crippen molar-refractivity contribution in [2.24, 2.45) is 11.8 Å². The van der Waals surface area contributed by atoms with Crippen LogP contribution in [-0.2, 0) is 24.5 Å². The number of hydrogen-bond acceptors (Lipinski definition) is 7. The Bertz CT molecular complexity index is 959. The topological polar surface area (TPSA) is 97.3 Å². The summed E-state index contributed by atoms with van der Waals surface area (Å²) in [6.07, 6.45) is 2.83. The molecule has 30 heavy (non-hydrogen) atoms. The zero-order valence-corrected chi connectivity index (χ0v) is 17.3. The van der Waals surface area contributed by atoms with Gasteiger partial charge in [0.05, 0.1) is 43.3 Å². The lowest BCUT2D eigenvalue weighted by Crippen LogP contribution is -2.56. The van der Waals surface area contributed by atoms with Crippen molar-refractivity contribution in [3.05, 3.63) is 29.5 Å². The average molecular weight is 414 g/mol. The van der Waals surface area contributed by atoms with Crippen molar-refractivity contribution in [1.29, 1.82) is 0 Å². The lowest BCUT2D eigenvalue weighted by Gasteiger charge is -2.48. The highest BCUT2D eigenvalue weighted by Crippen LogP contribution is 2.56. The van der Waals surface area contributed by atoms with Gasteiger partial charge in [-0.15, -0.1) is 0 Å². The van der Waals surface area contributed by atoms with Crippen LogP contribution < -0.4 is 10.1 Å². The summed E-state index contributed by atoms with van der Waals surface area (Å²) in [4.78, 5) is 28.1. The number of phenolic OH excluding ortho intramolecular Hbond substituents is 1. The number of hydrogen-bond donors (Lipinski definition) is 2. The zero-order chi connectivity index (χ0) is 21.2. The van der Waals surface area contributed by atoms with Crippen molar-refractivity contribution >= 4 is 17.6 Å². The van der Waals surface area contributed by atoms with Crippen molar-refractivity contribution in [2.75, 3.05) is 32.6 Å². The van der Waals surface area contributed by atoms with E-state index in [1.54, 1.807) is 6.07 Å². The molecule has 1 aromatic carbocycles. The molecule has 0 aliphatic carbocycles. The van der Waals surface area contributed by atoms with Gasteiger partial charge in [-0.2, -0.15) is 0 Å². The van der Waals surface area contributed by atoms with E-state index in [9.17, 15) is 14.7 Å². The Hall–Kier alpha value is -2.74. The molecular formula is C22H26N2O6. The van der Waals surface area contributed by atoms with E-state index in [1.165, 1.54) is 20.5 Å². The number of amides is 1. The molecule has 2 fully saturated rings. The Labute approximate surface area is 174 Å². The largest absolute Gasteiger partial charge is 0.503 e. The number of ether oxygens (including phenoxy) is 3. The van der Waals surface area contributed by atoms with Crippen molar-refractivity contribution in [2.45, 2.75) is 37.3 Å². The second-order valence-electron chi connectivity index (χ2n) is 8.64. The number of phenols is 1. The summed E-state index contributed by atoms with van der Waals surface area (Å²) in [5, 5.41) is 13.5. The molecule has 8 heteroatoms. The number of fused-ring (bicyclic) bond motifs is 5.